The predicted octanol–water partition coefficient (Wildman–Crippen LogP) is 3.76. The fourth-order valence-electron chi connectivity index (χ4n) is 2.19. The van der Waals surface area contributed by atoms with Crippen molar-refractivity contribution in [3.8, 4) is 0 Å². The number of carbonyl (C=O) groups is 1. The highest BCUT2D eigenvalue weighted by Crippen LogP contribution is 2.27. The highest BCUT2D eigenvalue weighted by Gasteiger charge is 2.09. The summed E-state index contributed by atoms with van der Waals surface area (Å²) in [6.45, 7) is 0. The van der Waals surface area contributed by atoms with E-state index in [1.54, 1.807) is 12.3 Å². The van der Waals surface area contributed by atoms with Gasteiger partial charge >= 0.3 is 0 Å². The van der Waals surface area contributed by atoms with Crippen molar-refractivity contribution in [2.24, 2.45) is 0 Å². The Balaban J connectivity index is 1.90. The molecule has 0 unspecified atom stereocenters. The van der Waals surface area contributed by atoms with Crippen molar-refractivity contribution in [2.75, 3.05) is 24.3 Å². The van der Waals surface area contributed by atoms with Gasteiger partial charge in [0.15, 0.2) is 0 Å². The van der Waals surface area contributed by atoms with Gasteiger partial charge in [-0.2, -0.15) is 0 Å². The quantitative estimate of drug-likeness (QED) is 0.882. The summed E-state index contributed by atoms with van der Waals surface area (Å²) in [6, 6.07) is 11.3. The first-order valence-corrected chi connectivity index (χ1v) is 7.60. The number of hydrogen-bond acceptors (Lipinski definition) is 3. The van der Waals surface area contributed by atoms with Crippen molar-refractivity contribution < 1.29 is 4.79 Å². The van der Waals surface area contributed by atoms with Gasteiger partial charge < -0.3 is 10.2 Å². The molecule has 5 heteroatoms. The first kappa shape index (κ1) is 16.3. The number of amides is 1. The minimum absolute atomic E-state index is 0.0127. The van der Waals surface area contributed by atoms with Crippen molar-refractivity contribution in [3.63, 3.8) is 0 Å². The number of carbonyl (C=O) groups excluding carboxylic acids is 1. The monoisotopic (exact) mass is 317 g/mol. The number of aryl methyl sites for hydroxylation is 1. The van der Waals surface area contributed by atoms with Crippen LogP contribution in [0.4, 0.5) is 11.4 Å². The van der Waals surface area contributed by atoms with E-state index in [9.17, 15) is 4.79 Å². The fourth-order valence-corrected chi connectivity index (χ4v) is 2.36. The van der Waals surface area contributed by atoms with Crippen molar-refractivity contribution in [1.82, 2.24) is 4.98 Å². The molecule has 0 saturated heterocycles. The maximum atomic E-state index is 12.1. The lowest BCUT2D eigenvalue weighted by atomic mass is 10.1. The Labute approximate surface area is 136 Å². The zero-order chi connectivity index (χ0) is 15.9. The molecular formula is C17H20ClN3O. The normalized spacial score (nSPS) is 10.3. The molecule has 4 nitrogen and oxygen atoms in total. The maximum absolute atomic E-state index is 12.1. The van der Waals surface area contributed by atoms with E-state index in [1.807, 2.05) is 49.3 Å². The van der Waals surface area contributed by atoms with Crippen LogP contribution in [0.1, 0.15) is 18.5 Å². The summed E-state index contributed by atoms with van der Waals surface area (Å²) < 4.78 is 0. The number of nitrogens with zero attached hydrogens (tertiary/aromatic N) is 2. The van der Waals surface area contributed by atoms with Crippen molar-refractivity contribution in [2.45, 2.75) is 19.3 Å². The average Bonchev–Trinajstić information content (AvgIpc) is 2.48. The van der Waals surface area contributed by atoms with Gasteiger partial charge in [0.1, 0.15) is 0 Å². The van der Waals surface area contributed by atoms with Crippen LogP contribution in [-0.2, 0) is 11.2 Å². The van der Waals surface area contributed by atoms with Crippen LogP contribution in [0.15, 0.2) is 42.6 Å². The van der Waals surface area contributed by atoms with Gasteiger partial charge in [-0.05, 0) is 43.2 Å². The van der Waals surface area contributed by atoms with Crippen LogP contribution in [0.5, 0.6) is 0 Å². The zero-order valence-electron chi connectivity index (χ0n) is 12.8. The summed E-state index contributed by atoms with van der Waals surface area (Å²) in [7, 11) is 3.86. The average molecular weight is 318 g/mol. The second-order valence-electron chi connectivity index (χ2n) is 5.28. The number of hydrogen-bond donors (Lipinski definition) is 1. The Morgan fingerprint density at radius 1 is 1.27 bits per heavy atom. The largest absolute Gasteiger partial charge is 0.376 e. The standard InChI is InChI=1S/C17H20ClN3O/c1-21(2)16-10-9-13(18)12-15(16)20-17(22)8-5-7-14-6-3-4-11-19-14/h3-4,6,9-12H,5,7-8H2,1-2H3,(H,20,22). The molecule has 1 N–H and O–H groups in total. The van der Waals surface area contributed by atoms with Gasteiger partial charge in [0.2, 0.25) is 5.91 Å². The Kier molecular flexibility index (Phi) is 5.78. The maximum Gasteiger partial charge on any atom is 0.224 e. The van der Waals surface area contributed by atoms with Crippen LogP contribution in [0.2, 0.25) is 5.02 Å². The Morgan fingerprint density at radius 3 is 2.77 bits per heavy atom. The van der Waals surface area contributed by atoms with Crippen LogP contribution in [-0.4, -0.2) is 25.0 Å². The summed E-state index contributed by atoms with van der Waals surface area (Å²) in [6.07, 6.45) is 3.78. The molecule has 1 amide bonds. The zero-order valence-corrected chi connectivity index (χ0v) is 13.6. The minimum Gasteiger partial charge on any atom is -0.376 e. The van der Waals surface area contributed by atoms with E-state index in [1.165, 1.54) is 0 Å². The number of pyridine rings is 1. The molecule has 0 aliphatic rings. The molecule has 0 fully saturated rings. The Bertz CT molecular complexity index is 629. The smallest absolute Gasteiger partial charge is 0.224 e. The molecule has 116 valence electrons. The lowest BCUT2D eigenvalue weighted by Crippen LogP contribution is -2.16. The van der Waals surface area contributed by atoms with E-state index >= 15 is 0 Å². The van der Waals surface area contributed by atoms with Crippen molar-refractivity contribution >= 4 is 28.9 Å². The van der Waals surface area contributed by atoms with Crippen LogP contribution in [0.25, 0.3) is 0 Å². The number of benzene rings is 1. The van der Waals surface area contributed by atoms with Gasteiger partial charge in [-0.3, -0.25) is 9.78 Å². The highest BCUT2D eigenvalue weighted by molar-refractivity contribution is 6.31. The summed E-state index contributed by atoms with van der Waals surface area (Å²) in [5.41, 5.74) is 2.68. The summed E-state index contributed by atoms with van der Waals surface area (Å²) in [5, 5.41) is 3.54. The first-order valence-electron chi connectivity index (χ1n) is 7.23. The summed E-state index contributed by atoms with van der Waals surface area (Å²) >= 11 is 6.01. The van der Waals surface area contributed by atoms with Crippen molar-refractivity contribution in [3.05, 3.63) is 53.3 Å². The Hall–Kier alpha value is -2.07. The molecule has 2 aromatic rings. The lowest BCUT2D eigenvalue weighted by Gasteiger charge is -2.18. The van der Waals surface area contributed by atoms with Crippen molar-refractivity contribution in [1.29, 1.82) is 0 Å². The van der Waals surface area contributed by atoms with E-state index in [0.717, 1.165) is 29.9 Å². The molecule has 0 radical (unpaired) electrons. The van der Waals surface area contributed by atoms with E-state index in [4.69, 9.17) is 11.6 Å². The van der Waals surface area contributed by atoms with E-state index in [0.29, 0.717) is 11.4 Å². The van der Waals surface area contributed by atoms with Gasteiger partial charge in [0.05, 0.1) is 11.4 Å². The molecule has 0 saturated carbocycles. The number of nitrogens with one attached hydrogen (secondary N) is 1. The van der Waals surface area contributed by atoms with Crippen LogP contribution >= 0.6 is 11.6 Å². The Morgan fingerprint density at radius 2 is 2.09 bits per heavy atom. The van der Waals surface area contributed by atoms with Gasteiger partial charge in [0.25, 0.3) is 0 Å². The molecule has 1 aromatic heterocycles. The van der Waals surface area contributed by atoms with E-state index < -0.39 is 0 Å². The van der Waals surface area contributed by atoms with Crippen LogP contribution < -0.4 is 10.2 Å². The van der Waals surface area contributed by atoms with Crippen LogP contribution in [0, 0.1) is 0 Å². The number of aromatic nitrogens is 1. The molecule has 0 aliphatic heterocycles. The molecule has 0 bridgehead atoms. The number of halogens is 1. The summed E-state index contributed by atoms with van der Waals surface area (Å²) in [4.78, 5) is 18.3. The second kappa shape index (κ2) is 7.80. The predicted molar refractivity (Wildman–Crippen MR) is 91.6 cm³/mol. The minimum atomic E-state index is -0.0127. The number of anilines is 2. The van der Waals surface area contributed by atoms with Gasteiger partial charge in [-0.1, -0.05) is 17.7 Å². The number of rotatable bonds is 6. The van der Waals surface area contributed by atoms with Gasteiger partial charge in [-0.15, -0.1) is 0 Å². The molecule has 0 atom stereocenters. The van der Waals surface area contributed by atoms with E-state index in [-0.39, 0.29) is 5.91 Å². The summed E-state index contributed by atoms with van der Waals surface area (Å²) in [5.74, 6) is -0.0127. The van der Waals surface area contributed by atoms with Gasteiger partial charge in [0, 0.05) is 37.4 Å². The molecule has 0 spiro atoms. The van der Waals surface area contributed by atoms with Crippen LogP contribution in [0.3, 0.4) is 0 Å². The first-order chi connectivity index (χ1) is 10.6. The third kappa shape index (κ3) is 4.74. The van der Waals surface area contributed by atoms with E-state index in [2.05, 4.69) is 10.3 Å². The lowest BCUT2D eigenvalue weighted by molar-refractivity contribution is -0.116. The fraction of sp³-hybridized carbons (Fsp3) is 0.294. The molecule has 2 rings (SSSR count). The SMILES string of the molecule is CN(C)c1ccc(Cl)cc1NC(=O)CCCc1ccccn1. The third-order valence-electron chi connectivity index (χ3n) is 3.28. The second-order valence-corrected chi connectivity index (χ2v) is 5.72. The molecular weight excluding hydrogens is 298 g/mol. The third-order valence-corrected chi connectivity index (χ3v) is 3.51. The highest BCUT2D eigenvalue weighted by atomic mass is 35.5. The molecule has 1 heterocycles. The molecule has 0 aliphatic carbocycles. The topological polar surface area (TPSA) is 45.2 Å². The molecule has 22 heavy (non-hydrogen) atoms. The van der Waals surface area contributed by atoms with Gasteiger partial charge in [-0.25, -0.2) is 0 Å². The molecule has 1 aromatic carbocycles.